The summed E-state index contributed by atoms with van der Waals surface area (Å²) in [6.07, 6.45) is 1.45. The molecule has 0 radical (unpaired) electrons. The van der Waals surface area contributed by atoms with E-state index in [1.165, 1.54) is 12.1 Å². The molecule has 0 aliphatic rings. The standard InChI is InChI=1S/C18H15Br2NO2S/c1-11-6-12(2)16(13(3)7-11)9-15(10-21)24(22,23)18-8-14(19)4-5-17(18)20/h4-9H,1-3H3/b15-9+. The third-order valence-electron chi connectivity index (χ3n) is 3.60. The lowest BCUT2D eigenvalue weighted by Gasteiger charge is -2.10. The van der Waals surface area contributed by atoms with E-state index in [-0.39, 0.29) is 9.80 Å². The summed E-state index contributed by atoms with van der Waals surface area (Å²) in [7, 11) is -3.92. The Morgan fingerprint density at radius 3 is 2.21 bits per heavy atom. The number of rotatable bonds is 3. The molecule has 124 valence electrons. The summed E-state index contributed by atoms with van der Waals surface area (Å²) in [5, 5.41) is 9.46. The topological polar surface area (TPSA) is 57.9 Å². The summed E-state index contributed by atoms with van der Waals surface area (Å²) in [6, 6.07) is 10.6. The molecule has 0 N–H and O–H groups in total. The number of hydrogen-bond acceptors (Lipinski definition) is 3. The van der Waals surface area contributed by atoms with E-state index in [9.17, 15) is 13.7 Å². The van der Waals surface area contributed by atoms with Gasteiger partial charge in [0.05, 0.1) is 4.90 Å². The van der Waals surface area contributed by atoms with Crippen molar-refractivity contribution in [2.75, 3.05) is 0 Å². The molecule has 3 nitrogen and oxygen atoms in total. The average Bonchev–Trinajstić information content (AvgIpc) is 2.48. The third kappa shape index (κ3) is 3.80. The molecule has 0 saturated heterocycles. The van der Waals surface area contributed by atoms with Crippen LogP contribution in [0.1, 0.15) is 22.3 Å². The zero-order chi connectivity index (χ0) is 18.1. The van der Waals surface area contributed by atoms with Gasteiger partial charge in [0.15, 0.2) is 0 Å². The fraction of sp³-hybridized carbons (Fsp3) is 0.167. The van der Waals surface area contributed by atoms with E-state index in [4.69, 9.17) is 0 Å². The Hall–Kier alpha value is -1.42. The van der Waals surface area contributed by atoms with Gasteiger partial charge in [-0.2, -0.15) is 5.26 Å². The zero-order valence-corrected chi connectivity index (χ0v) is 17.4. The highest BCUT2D eigenvalue weighted by Gasteiger charge is 2.24. The summed E-state index contributed by atoms with van der Waals surface area (Å²) in [5.41, 5.74) is 3.72. The van der Waals surface area contributed by atoms with Crippen molar-refractivity contribution in [1.29, 1.82) is 5.26 Å². The molecule has 0 aliphatic carbocycles. The first-order valence-electron chi connectivity index (χ1n) is 7.06. The molecule has 0 atom stereocenters. The van der Waals surface area contributed by atoms with Crippen LogP contribution in [0.4, 0.5) is 0 Å². The summed E-state index contributed by atoms with van der Waals surface area (Å²) < 4.78 is 26.8. The molecule has 0 spiro atoms. The van der Waals surface area contributed by atoms with Crippen LogP contribution >= 0.6 is 31.9 Å². The molecule has 0 bridgehead atoms. The molecule has 2 aromatic carbocycles. The maximum atomic E-state index is 12.9. The van der Waals surface area contributed by atoms with Crippen molar-refractivity contribution in [2.45, 2.75) is 25.7 Å². The number of hydrogen-bond donors (Lipinski definition) is 0. The summed E-state index contributed by atoms with van der Waals surface area (Å²) in [4.78, 5) is -0.219. The fourth-order valence-corrected chi connectivity index (χ4v) is 5.16. The summed E-state index contributed by atoms with van der Waals surface area (Å²) >= 11 is 6.52. The van der Waals surface area contributed by atoms with Crippen LogP contribution in [-0.2, 0) is 9.84 Å². The molecule has 0 unspecified atom stereocenters. The van der Waals surface area contributed by atoms with Crippen molar-refractivity contribution >= 4 is 47.8 Å². The summed E-state index contributed by atoms with van der Waals surface area (Å²) in [6.45, 7) is 5.79. The zero-order valence-electron chi connectivity index (χ0n) is 13.4. The fourth-order valence-electron chi connectivity index (χ4n) is 2.52. The minimum Gasteiger partial charge on any atom is -0.218 e. The van der Waals surface area contributed by atoms with Gasteiger partial charge in [-0.25, -0.2) is 8.42 Å². The number of nitriles is 1. The van der Waals surface area contributed by atoms with Crippen LogP contribution in [0.5, 0.6) is 0 Å². The van der Waals surface area contributed by atoms with Crippen molar-refractivity contribution in [2.24, 2.45) is 0 Å². The largest absolute Gasteiger partial charge is 0.218 e. The van der Waals surface area contributed by atoms with Gasteiger partial charge in [0.2, 0.25) is 9.84 Å². The second-order valence-corrected chi connectivity index (χ2v) is 9.17. The lowest BCUT2D eigenvalue weighted by atomic mass is 9.99. The Kier molecular flexibility index (Phi) is 5.69. The average molecular weight is 469 g/mol. The predicted octanol–water partition coefficient (Wildman–Crippen LogP) is 5.48. The third-order valence-corrected chi connectivity index (χ3v) is 6.75. The Bertz CT molecular complexity index is 964. The number of benzene rings is 2. The highest BCUT2D eigenvalue weighted by molar-refractivity contribution is 9.11. The monoisotopic (exact) mass is 467 g/mol. The number of aryl methyl sites for hydroxylation is 3. The second-order valence-electron chi connectivity index (χ2n) is 5.51. The molecule has 0 fully saturated rings. The minimum atomic E-state index is -3.92. The molecule has 2 rings (SSSR count). The first-order chi connectivity index (χ1) is 11.2. The summed E-state index contributed by atoms with van der Waals surface area (Å²) in [5.74, 6) is 0. The molecule has 24 heavy (non-hydrogen) atoms. The van der Waals surface area contributed by atoms with E-state index in [0.29, 0.717) is 8.95 Å². The van der Waals surface area contributed by atoms with Crippen LogP contribution in [-0.4, -0.2) is 8.42 Å². The van der Waals surface area contributed by atoms with Gasteiger partial charge < -0.3 is 0 Å². The van der Waals surface area contributed by atoms with Crippen LogP contribution in [0.3, 0.4) is 0 Å². The molecular formula is C18H15Br2NO2S. The number of nitrogens with zero attached hydrogens (tertiary/aromatic N) is 1. The minimum absolute atomic E-state index is 0.0621. The van der Waals surface area contributed by atoms with Gasteiger partial charge in [0.1, 0.15) is 11.0 Å². The van der Waals surface area contributed by atoms with Gasteiger partial charge in [-0.3, -0.25) is 0 Å². The van der Waals surface area contributed by atoms with E-state index in [2.05, 4.69) is 31.9 Å². The van der Waals surface area contributed by atoms with Crippen LogP contribution < -0.4 is 0 Å². The number of allylic oxidation sites excluding steroid dienone is 1. The van der Waals surface area contributed by atoms with Gasteiger partial charge in [-0.1, -0.05) is 33.6 Å². The highest BCUT2D eigenvalue weighted by Crippen LogP contribution is 2.31. The van der Waals surface area contributed by atoms with Gasteiger partial charge in [0.25, 0.3) is 0 Å². The van der Waals surface area contributed by atoms with E-state index in [1.54, 1.807) is 12.1 Å². The number of sulfone groups is 1. The maximum Gasteiger partial charge on any atom is 0.217 e. The highest BCUT2D eigenvalue weighted by atomic mass is 79.9. The van der Waals surface area contributed by atoms with E-state index in [0.717, 1.165) is 22.3 Å². The van der Waals surface area contributed by atoms with Crippen molar-refractivity contribution in [1.82, 2.24) is 0 Å². The molecular weight excluding hydrogens is 454 g/mol. The smallest absolute Gasteiger partial charge is 0.217 e. The van der Waals surface area contributed by atoms with Gasteiger partial charge in [-0.05, 0) is 77.7 Å². The normalized spacial score (nSPS) is 12.1. The Balaban J connectivity index is 2.68. The second kappa shape index (κ2) is 7.22. The first kappa shape index (κ1) is 18.9. The molecule has 0 amide bonds. The molecule has 2 aromatic rings. The molecule has 0 saturated carbocycles. The van der Waals surface area contributed by atoms with Gasteiger partial charge >= 0.3 is 0 Å². The van der Waals surface area contributed by atoms with Crippen LogP contribution in [0.25, 0.3) is 6.08 Å². The van der Waals surface area contributed by atoms with Crippen molar-refractivity contribution in [3.05, 3.63) is 66.4 Å². The quantitative estimate of drug-likeness (QED) is 0.560. The van der Waals surface area contributed by atoms with Crippen molar-refractivity contribution < 1.29 is 8.42 Å². The van der Waals surface area contributed by atoms with Crippen molar-refractivity contribution in [3.63, 3.8) is 0 Å². The molecule has 0 aromatic heterocycles. The van der Waals surface area contributed by atoms with E-state index >= 15 is 0 Å². The van der Waals surface area contributed by atoms with Crippen LogP contribution in [0.15, 0.2) is 49.1 Å². The number of halogens is 2. The van der Waals surface area contributed by atoms with Gasteiger partial charge in [-0.15, -0.1) is 0 Å². The van der Waals surface area contributed by atoms with Gasteiger partial charge in [0, 0.05) is 8.95 Å². The molecule has 0 aliphatic heterocycles. The Morgan fingerprint density at radius 1 is 1.08 bits per heavy atom. The lowest BCUT2D eigenvalue weighted by molar-refractivity contribution is 0.603. The Morgan fingerprint density at radius 2 is 1.67 bits per heavy atom. The molecule has 0 heterocycles. The SMILES string of the molecule is Cc1cc(C)c(/C=C(\C#N)S(=O)(=O)c2cc(Br)ccc2Br)c(C)c1. The Labute approximate surface area is 159 Å². The van der Waals surface area contributed by atoms with E-state index in [1.807, 2.05) is 39.0 Å². The predicted molar refractivity (Wildman–Crippen MR) is 103 cm³/mol. The van der Waals surface area contributed by atoms with Crippen molar-refractivity contribution in [3.8, 4) is 6.07 Å². The molecule has 6 heteroatoms. The van der Waals surface area contributed by atoms with E-state index < -0.39 is 9.84 Å². The first-order valence-corrected chi connectivity index (χ1v) is 10.1. The maximum absolute atomic E-state index is 12.9. The van der Waals surface area contributed by atoms with Crippen LogP contribution in [0.2, 0.25) is 0 Å². The lowest BCUT2D eigenvalue weighted by Crippen LogP contribution is -2.05. The van der Waals surface area contributed by atoms with Crippen LogP contribution in [0, 0.1) is 32.1 Å².